The van der Waals surface area contributed by atoms with Crippen molar-refractivity contribution in [2.24, 2.45) is 0 Å². The second kappa shape index (κ2) is 13.0. The van der Waals surface area contributed by atoms with Gasteiger partial charge in [-0.05, 0) is 43.3 Å². The smallest absolute Gasteiger partial charge is 0.405 e. The Balaban J connectivity index is 0.00000257. The minimum Gasteiger partial charge on any atom is -0.405 e. The van der Waals surface area contributed by atoms with Crippen molar-refractivity contribution in [1.29, 1.82) is 5.41 Å². The lowest BCUT2D eigenvalue weighted by Crippen LogP contribution is -2.60. The molecule has 0 fully saturated rings. The standard InChI is InChI=1S/C31H23B4ClF5N7O2.C2H6/c1-11-21-22(24(43-11)15-7-13(37)5-6-18(15)36)19(46-26-16-8-14(38)9-17(29(39,40)41)23(16)44-12(2)45-26)10-20-25(21)48(28(3,4)32)27(42)47(20)31(35,50)30(33,34)49;1-2/h5-10,24,42-43,49-50H,1H2,2-4H3,(H,44,45,46);1-2H3. The van der Waals surface area contributed by atoms with E-state index in [0.717, 1.165) is 18.2 Å². The number of nitrogens with one attached hydrogen (secondary N) is 3. The number of halogens is 6. The van der Waals surface area contributed by atoms with Gasteiger partial charge in [0.05, 0.1) is 28.2 Å². The zero-order valence-electron chi connectivity index (χ0n) is 28.5. The van der Waals surface area contributed by atoms with E-state index in [1.165, 1.54) is 37.5 Å². The molecular formula is C33H29B4ClF5N7O2. The van der Waals surface area contributed by atoms with Gasteiger partial charge in [-0.25, -0.2) is 18.7 Å². The number of aryl methyl sites for hydroxylation is 1. The number of rotatable bonds is 6. The Morgan fingerprint density at radius 2 is 1.62 bits per heavy atom. The maximum atomic E-state index is 14.8. The molecule has 8 radical (unpaired) electrons. The van der Waals surface area contributed by atoms with Gasteiger partial charge in [-0.2, -0.15) is 13.2 Å². The van der Waals surface area contributed by atoms with Crippen molar-refractivity contribution in [2.75, 3.05) is 5.32 Å². The van der Waals surface area contributed by atoms with Crippen LogP contribution >= 0.6 is 11.6 Å². The second-order valence-electron chi connectivity index (χ2n) is 12.6. The van der Waals surface area contributed by atoms with Gasteiger partial charge in [0.25, 0.3) is 0 Å². The topological polar surface area (TPSA) is 124 Å². The Kier molecular flexibility index (Phi) is 9.73. The molecule has 0 amide bonds. The van der Waals surface area contributed by atoms with E-state index in [2.05, 4.69) is 27.2 Å². The third kappa shape index (κ3) is 6.38. The van der Waals surface area contributed by atoms with E-state index >= 15 is 0 Å². The Morgan fingerprint density at radius 1 is 0.981 bits per heavy atom. The number of nitrogens with zero attached hydrogens (tertiary/aromatic N) is 4. The van der Waals surface area contributed by atoms with Crippen LogP contribution < -0.4 is 16.3 Å². The fourth-order valence-corrected chi connectivity index (χ4v) is 6.45. The summed E-state index contributed by atoms with van der Waals surface area (Å²) in [6.45, 7) is 12.5. The van der Waals surface area contributed by atoms with Crippen molar-refractivity contribution in [1.82, 2.24) is 24.4 Å². The number of imidazole rings is 1. The first-order chi connectivity index (χ1) is 23.9. The van der Waals surface area contributed by atoms with Crippen LogP contribution in [-0.2, 0) is 17.2 Å². The van der Waals surface area contributed by atoms with Gasteiger partial charge in [0.2, 0.25) is 5.62 Å². The number of hydrogen-bond donors (Lipinski definition) is 5. The van der Waals surface area contributed by atoms with Crippen molar-refractivity contribution in [3.05, 3.63) is 93.3 Å². The summed E-state index contributed by atoms with van der Waals surface area (Å²) >= 11 is 6.55. The monoisotopic (exact) mass is 729 g/mol. The highest BCUT2D eigenvalue weighted by Gasteiger charge is 2.43. The number of anilines is 2. The predicted octanol–water partition coefficient (Wildman–Crippen LogP) is 5.17. The molecule has 5 N–H and O–H groups in total. The van der Waals surface area contributed by atoms with Gasteiger partial charge in [-0.1, -0.05) is 45.9 Å². The van der Waals surface area contributed by atoms with Gasteiger partial charge < -0.3 is 25.4 Å². The van der Waals surface area contributed by atoms with Crippen molar-refractivity contribution in [3.8, 4) is 0 Å². The van der Waals surface area contributed by atoms with Gasteiger partial charge in [0.15, 0.2) is 0 Å². The highest BCUT2D eigenvalue weighted by Crippen LogP contribution is 2.48. The normalized spacial score (nSPS) is 15.9. The first-order valence-corrected chi connectivity index (χ1v) is 16.0. The van der Waals surface area contributed by atoms with Gasteiger partial charge in [0.1, 0.15) is 60.3 Å². The van der Waals surface area contributed by atoms with E-state index in [9.17, 15) is 32.2 Å². The maximum absolute atomic E-state index is 14.8. The van der Waals surface area contributed by atoms with Crippen LogP contribution in [-0.4, -0.2) is 66.1 Å². The quantitative estimate of drug-likeness (QED) is 0.122. The first-order valence-electron chi connectivity index (χ1n) is 15.7. The average molecular weight is 729 g/mol. The molecule has 2 unspecified atom stereocenters. The van der Waals surface area contributed by atoms with Gasteiger partial charge in [-0.15, -0.1) is 0 Å². The molecule has 0 saturated heterocycles. The molecule has 0 spiro atoms. The molecule has 6 rings (SSSR count). The molecule has 3 heterocycles. The molecule has 3 aromatic carbocycles. The van der Waals surface area contributed by atoms with E-state index in [4.69, 9.17) is 48.4 Å². The van der Waals surface area contributed by atoms with Gasteiger partial charge >= 0.3 is 6.18 Å². The molecule has 1 aliphatic rings. The van der Waals surface area contributed by atoms with Crippen molar-refractivity contribution in [2.45, 2.75) is 63.3 Å². The molecule has 52 heavy (non-hydrogen) atoms. The minimum absolute atomic E-state index is 0.00434. The SMILES string of the molecule is CC.[B]C(C)(C)n1c(=N)n(C([B])(O)C([B])([B])O)c2cc(Nc3nc(C)nc4c(C(F)(F)F)cc(F)cc34)c3c(c21)C(=C)NC3c1cc(F)ccc1Cl. The lowest BCUT2D eigenvalue weighted by Gasteiger charge is -2.39. The van der Waals surface area contributed by atoms with Crippen LogP contribution in [0.15, 0.2) is 43.0 Å². The molecule has 262 valence electrons. The molecule has 19 heteroatoms. The van der Waals surface area contributed by atoms with Crippen molar-refractivity contribution >= 4 is 82.1 Å². The molecule has 9 nitrogen and oxygen atoms in total. The fraction of sp³-hybridized carbons (Fsp3) is 0.303. The van der Waals surface area contributed by atoms with Crippen LogP contribution in [0.3, 0.4) is 0 Å². The fourth-order valence-electron chi connectivity index (χ4n) is 6.22. The molecule has 2 aromatic heterocycles. The Morgan fingerprint density at radius 3 is 2.19 bits per heavy atom. The summed E-state index contributed by atoms with van der Waals surface area (Å²) in [4.78, 5) is 8.22. The maximum Gasteiger partial charge on any atom is 0.418 e. The third-order valence-corrected chi connectivity index (χ3v) is 8.67. The van der Waals surface area contributed by atoms with Crippen LogP contribution in [0.1, 0.15) is 61.8 Å². The number of alkyl halides is 3. The summed E-state index contributed by atoms with van der Waals surface area (Å²) in [5.74, 6) is -2.27. The molecule has 1 aliphatic heterocycles. The minimum atomic E-state index is -4.99. The van der Waals surface area contributed by atoms with Crippen LogP contribution in [0.2, 0.25) is 5.02 Å². The Bertz CT molecular complexity index is 2330. The summed E-state index contributed by atoms with van der Waals surface area (Å²) < 4.78 is 73.6. The second-order valence-corrected chi connectivity index (χ2v) is 13.0. The molecule has 0 aliphatic carbocycles. The van der Waals surface area contributed by atoms with Gasteiger partial charge in [0, 0.05) is 49.3 Å². The number of fused-ring (bicyclic) bond motifs is 4. The number of aromatic nitrogens is 4. The molecule has 0 saturated carbocycles. The Hall–Kier alpha value is -4.27. The summed E-state index contributed by atoms with van der Waals surface area (Å²) in [7, 11) is 24.0. The Labute approximate surface area is 305 Å². The summed E-state index contributed by atoms with van der Waals surface area (Å²) in [5, 5.41) is 33.8. The summed E-state index contributed by atoms with van der Waals surface area (Å²) in [6, 6.07) is 5.05. The van der Waals surface area contributed by atoms with Crippen LogP contribution in [0.4, 0.5) is 33.5 Å². The zero-order valence-corrected chi connectivity index (χ0v) is 29.3. The largest absolute Gasteiger partial charge is 0.418 e. The van der Waals surface area contributed by atoms with E-state index in [1.807, 2.05) is 13.8 Å². The molecular weight excluding hydrogens is 700 g/mol. The average Bonchev–Trinajstić information content (AvgIpc) is 3.52. The highest BCUT2D eigenvalue weighted by atomic mass is 35.5. The number of aliphatic hydroxyl groups is 2. The zero-order chi connectivity index (χ0) is 39.0. The number of benzene rings is 3. The van der Waals surface area contributed by atoms with Crippen molar-refractivity contribution in [3.63, 3.8) is 0 Å². The van der Waals surface area contributed by atoms with Crippen molar-refractivity contribution < 1.29 is 32.2 Å². The van der Waals surface area contributed by atoms with E-state index in [0.29, 0.717) is 10.6 Å². The van der Waals surface area contributed by atoms with E-state index < -0.39 is 57.0 Å². The molecule has 5 aromatic rings. The van der Waals surface area contributed by atoms with E-state index in [-0.39, 0.29) is 61.2 Å². The summed E-state index contributed by atoms with van der Waals surface area (Å²) in [6.07, 6.45) is -4.99. The lowest BCUT2D eigenvalue weighted by atomic mass is 9.53. The summed E-state index contributed by atoms with van der Waals surface area (Å²) in [5.41, 5.74) is -6.30. The molecule has 0 bridgehead atoms. The number of hydrogen-bond acceptors (Lipinski definition) is 7. The predicted molar refractivity (Wildman–Crippen MR) is 193 cm³/mol. The van der Waals surface area contributed by atoms with Crippen LogP contribution in [0.5, 0.6) is 0 Å². The lowest BCUT2D eigenvalue weighted by molar-refractivity contribution is -0.136. The third-order valence-electron chi connectivity index (χ3n) is 8.33. The van der Waals surface area contributed by atoms with Gasteiger partial charge in [-0.3, -0.25) is 9.98 Å². The first kappa shape index (κ1) is 38.9. The van der Waals surface area contributed by atoms with Crippen LogP contribution in [0.25, 0.3) is 27.6 Å². The van der Waals surface area contributed by atoms with E-state index in [1.54, 1.807) is 0 Å². The molecule has 2 atom stereocenters. The van der Waals surface area contributed by atoms with Crippen LogP contribution in [0, 0.1) is 24.0 Å². The highest BCUT2D eigenvalue weighted by molar-refractivity contribution is 6.43.